The van der Waals surface area contributed by atoms with Crippen LogP contribution in [0.15, 0.2) is 11.6 Å². The maximum absolute atomic E-state index is 13.4. The van der Waals surface area contributed by atoms with Gasteiger partial charge < -0.3 is 4.74 Å². The highest BCUT2D eigenvalue weighted by Gasteiger charge is 2.93. The van der Waals surface area contributed by atoms with E-state index in [0.29, 0.717) is 11.6 Å². The number of hydrogen-bond donors (Lipinski definition) is 0. The van der Waals surface area contributed by atoms with Gasteiger partial charge in [0, 0.05) is 18.0 Å². The standard InChI is InChI=1S/C13H8ClF15O2/c14-4-2-6(30)31-5-1-3-7(15,16)8(17,18)9(19,20)10(21,22)11(23,24)12(25,26)13(27,28)29/h2,4H,1,3,5H2. The molecule has 0 heterocycles. The SMILES string of the molecule is O=C(C=CCl)OCCCC(F)(F)C(F)(F)C(F)(F)C(F)(F)C(F)(F)C(F)(F)C(F)(F)F. The molecule has 0 aliphatic rings. The van der Waals surface area contributed by atoms with Gasteiger partial charge in [0.2, 0.25) is 0 Å². The zero-order valence-electron chi connectivity index (χ0n) is 14.1. The van der Waals surface area contributed by atoms with Crippen LogP contribution in [0.5, 0.6) is 0 Å². The van der Waals surface area contributed by atoms with Crippen molar-refractivity contribution in [1.29, 1.82) is 0 Å². The number of halogens is 16. The van der Waals surface area contributed by atoms with Crippen LogP contribution in [0.25, 0.3) is 0 Å². The second kappa shape index (κ2) is 8.77. The summed E-state index contributed by atoms with van der Waals surface area (Å²) in [6.07, 6.45) is -11.2. The molecule has 0 unspecified atom stereocenters. The van der Waals surface area contributed by atoms with Crippen molar-refractivity contribution in [3.8, 4) is 0 Å². The zero-order chi connectivity index (χ0) is 25.3. The lowest BCUT2D eigenvalue weighted by molar-refractivity contribution is -0.452. The minimum atomic E-state index is -8.32. The molecular weight excluding hydrogens is 509 g/mol. The van der Waals surface area contributed by atoms with E-state index in [1.807, 2.05) is 0 Å². The molecule has 0 aliphatic carbocycles. The molecule has 0 radical (unpaired) electrons. The van der Waals surface area contributed by atoms with Crippen LogP contribution in [0.1, 0.15) is 12.8 Å². The molecule has 0 atom stereocenters. The van der Waals surface area contributed by atoms with E-state index in [-0.39, 0.29) is 0 Å². The van der Waals surface area contributed by atoms with E-state index >= 15 is 0 Å². The molecule has 0 spiro atoms. The first-order chi connectivity index (χ1) is 13.5. The van der Waals surface area contributed by atoms with Gasteiger partial charge in [-0.15, -0.1) is 0 Å². The van der Waals surface area contributed by atoms with Gasteiger partial charge in [-0.1, -0.05) is 11.6 Å². The molecule has 0 bridgehead atoms. The number of ether oxygens (including phenoxy) is 1. The van der Waals surface area contributed by atoms with Crippen molar-refractivity contribution in [3.63, 3.8) is 0 Å². The maximum atomic E-state index is 13.4. The van der Waals surface area contributed by atoms with Gasteiger partial charge in [0.1, 0.15) is 0 Å². The summed E-state index contributed by atoms with van der Waals surface area (Å²) >= 11 is 4.89. The summed E-state index contributed by atoms with van der Waals surface area (Å²) in [6.45, 7) is -1.24. The molecule has 0 aromatic heterocycles. The summed E-state index contributed by atoms with van der Waals surface area (Å²) in [6, 6.07) is 0. The first kappa shape index (κ1) is 29.5. The molecule has 0 saturated heterocycles. The minimum Gasteiger partial charge on any atom is -0.463 e. The lowest BCUT2D eigenvalue weighted by Gasteiger charge is -2.41. The highest BCUT2D eigenvalue weighted by Crippen LogP contribution is 2.62. The third kappa shape index (κ3) is 4.94. The van der Waals surface area contributed by atoms with Crippen LogP contribution in [-0.2, 0) is 9.53 Å². The Kier molecular flexibility index (Phi) is 8.33. The van der Waals surface area contributed by atoms with Crippen LogP contribution in [-0.4, -0.2) is 54.3 Å². The summed E-state index contributed by atoms with van der Waals surface area (Å²) in [7, 11) is 0. The van der Waals surface area contributed by atoms with Crippen LogP contribution in [0.3, 0.4) is 0 Å². The van der Waals surface area contributed by atoms with Crippen LogP contribution in [0.2, 0.25) is 0 Å². The molecule has 0 saturated carbocycles. The van der Waals surface area contributed by atoms with Crippen molar-refractivity contribution in [2.24, 2.45) is 0 Å². The zero-order valence-corrected chi connectivity index (χ0v) is 14.9. The van der Waals surface area contributed by atoms with Gasteiger partial charge in [-0.3, -0.25) is 0 Å². The van der Waals surface area contributed by atoms with Gasteiger partial charge in [-0.05, 0) is 6.42 Å². The van der Waals surface area contributed by atoms with Crippen LogP contribution in [0.4, 0.5) is 65.9 Å². The van der Waals surface area contributed by atoms with Gasteiger partial charge in [-0.2, -0.15) is 65.9 Å². The van der Waals surface area contributed by atoms with Crippen molar-refractivity contribution in [1.82, 2.24) is 0 Å². The van der Waals surface area contributed by atoms with E-state index < -0.39 is 67.1 Å². The van der Waals surface area contributed by atoms with E-state index in [4.69, 9.17) is 11.6 Å². The third-order valence-electron chi connectivity index (χ3n) is 3.47. The molecule has 184 valence electrons. The fourth-order valence-corrected chi connectivity index (χ4v) is 1.83. The number of carbonyl (C=O) groups excluding carboxylic acids is 1. The van der Waals surface area contributed by atoms with E-state index in [1.165, 1.54) is 0 Å². The first-order valence-corrected chi connectivity index (χ1v) is 7.66. The van der Waals surface area contributed by atoms with Gasteiger partial charge in [0.15, 0.2) is 0 Å². The summed E-state index contributed by atoms with van der Waals surface area (Å²) in [5, 5.41) is 0. The number of esters is 1. The van der Waals surface area contributed by atoms with E-state index in [0.717, 1.165) is 0 Å². The molecule has 18 heteroatoms. The van der Waals surface area contributed by atoms with Crippen molar-refractivity contribution >= 4 is 17.6 Å². The summed E-state index contributed by atoms with van der Waals surface area (Å²) in [5.41, 5.74) is 0.532. The quantitative estimate of drug-likeness (QED) is 0.145. The van der Waals surface area contributed by atoms with Crippen molar-refractivity contribution in [3.05, 3.63) is 11.6 Å². The number of rotatable bonds is 10. The molecule has 0 rings (SSSR count). The fraction of sp³-hybridized carbons (Fsp3) is 0.769. The first-order valence-electron chi connectivity index (χ1n) is 7.23. The Morgan fingerprint density at radius 1 is 0.677 bits per heavy atom. The molecule has 0 amide bonds. The average molecular weight is 517 g/mol. The van der Waals surface area contributed by atoms with E-state index in [2.05, 4.69) is 4.74 Å². The number of hydrogen-bond acceptors (Lipinski definition) is 2. The monoisotopic (exact) mass is 516 g/mol. The third-order valence-corrected chi connectivity index (χ3v) is 3.60. The van der Waals surface area contributed by atoms with E-state index in [1.54, 1.807) is 0 Å². The second-order valence-electron chi connectivity index (χ2n) is 5.64. The Morgan fingerprint density at radius 2 is 1.06 bits per heavy atom. The van der Waals surface area contributed by atoms with Crippen molar-refractivity contribution in [2.75, 3.05) is 6.61 Å². The van der Waals surface area contributed by atoms with Crippen LogP contribution >= 0.6 is 11.6 Å². The van der Waals surface area contributed by atoms with Crippen molar-refractivity contribution in [2.45, 2.75) is 54.6 Å². The van der Waals surface area contributed by atoms with Gasteiger partial charge in [0.05, 0.1) is 6.61 Å². The van der Waals surface area contributed by atoms with Crippen molar-refractivity contribution < 1.29 is 75.4 Å². The Balaban J connectivity index is 5.90. The smallest absolute Gasteiger partial charge is 0.460 e. The molecule has 0 aromatic carbocycles. The summed E-state index contributed by atoms with van der Waals surface area (Å²) in [4.78, 5) is 10.7. The average Bonchev–Trinajstić information content (AvgIpc) is 2.57. The van der Waals surface area contributed by atoms with Crippen LogP contribution in [0, 0.1) is 0 Å². The summed E-state index contributed by atoms with van der Waals surface area (Å²) < 4.78 is 198. The summed E-state index contributed by atoms with van der Waals surface area (Å²) in [5.74, 6) is -48.0. The molecule has 0 N–H and O–H groups in total. The molecule has 0 aliphatic heterocycles. The topological polar surface area (TPSA) is 26.3 Å². The number of alkyl halides is 15. The predicted octanol–water partition coefficient (Wildman–Crippen LogP) is 6.44. The Labute approximate surface area is 166 Å². The highest BCUT2D eigenvalue weighted by atomic mass is 35.5. The normalized spacial score (nSPS) is 15.5. The lowest BCUT2D eigenvalue weighted by atomic mass is 9.90. The Bertz CT molecular complexity index is 668. The minimum absolute atomic E-state index is 0.450. The number of carbonyl (C=O) groups is 1. The predicted molar refractivity (Wildman–Crippen MR) is 70.9 cm³/mol. The lowest BCUT2D eigenvalue weighted by Crippen LogP contribution is -2.72. The van der Waals surface area contributed by atoms with Crippen LogP contribution < -0.4 is 0 Å². The van der Waals surface area contributed by atoms with Gasteiger partial charge in [-0.25, -0.2) is 4.79 Å². The molecular formula is C13H8ClF15O2. The molecule has 31 heavy (non-hydrogen) atoms. The van der Waals surface area contributed by atoms with E-state index in [9.17, 15) is 70.7 Å². The molecule has 0 fully saturated rings. The molecule has 0 aromatic rings. The largest absolute Gasteiger partial charge is 0.463 e. The Morgan fingerprint density at radius 3 is 1.45 bits per heavy atom. The Hall–Kier alpha value is -1.55. The van der Waals surface area contributed by atoms with Gasteiger partial charge >= 0.3 is 47.7 Å². The fourth-order valence-electron chi connectivity index (χ4n) is 1.72. The van der Waals surface area contributed by atoms with Gasteiger partial charge in [0.25, 0.3) is 0 Å². The highest BCUT2D eigenvalue weighted by molar-refractivity contribution is 6.26. The maximum Gasteiger partial charge on any atom is 0.460 e. The second-order valence-corrected chi connectivity index (χ2v) is 5.89. The molecule has 2 nitrogen and oxygen atoms in total.